The van der Waals surface area contributed by atoms with Gasteiger partial charge in [-0.2, -0.15) is 0 Å². The monoisotopic (exact) mass is 175 g/mol. The molecule has 0 aliphatic heterocycles. The molecule has 0 spiro atoms. The van der Waals surface area contributed by atoms with Crippen LogP contribution in [0.4, 0.5) is 13.2 Å². The summed E-state index contributed by atoms with van der Waals surface area (Å²) in [6.07, 6.45) is 0. The quantitative estimate of drug-likeness (QED) is 0.687. The van der Waals surface area contributed by atoms with Crippen LogP contribution in [0.1, 0.15) is 17.0 Å². The van der Waals surface area contributed by atoms with Crippen LogP contribution in [0.25, 0.3) is 0 Å². The van der Waals surface area contributed by atoms with Gasteiger partial charge in [0.25, 0.3) is 0 Å². The van der Waals surface area contributed by atoms with Crippen molar-refractivity contribution < 1.29 is 13.2 Å². The Morgan fingerprint density at radius 1 is 0.917 bits per heavy atom. The van der Waals surface area contributed by atoms with Crippen molar-refractivity contribution >= 4 is 0 Å². The molecular formula is C8H8F3N. The fourth-order valence-corrected chi connectivity index (χ4v) is 0.933. The molecule has 1 aromatic rings. The standard InChI is InChI=1S/C8H8F3N/c9-3-6-1-7(4-10)12-8(2-6)5-11/h1-2H,3-5H2. The molecule has 0 bridgehead atoms. The number of alkyl halides is 3. The molecule has 1 nitrogen and oxygen atoms in total. The summed E-state index contributed by atoms with van der Waals surface area (Å²) in [5.41, 5.74) is 0.431. The Labute approximate surface area is 68.2 Å². The lowest BCUT2D eigenvalue weighted by Crippen LogP contribution is -1.94. The molecule has 0 radical (unpaired) electrons. The Hall–Kier alpha value is -1.06. The van der Waals surface area contributed by atoms with Gasteiger partial charge in [0, 0.05) is 0 Å². The molecule has 0 saturated carbocycles. The Bertz CT molecular complexity index is 207. The highest BCUT2D eigenvalue weighted by Crippen LogP contribution is 2.09. The second-order valence-electron chi connectivity index (χ2n) is 2.36. The van der Waals surface area contributed by atoms with Crippen molar-refractivity contribution in [3.05, 3.63) is 29.1 Å². The van der Waals surface area contributed by atoms with E-state index in [0.717, 1.165) is 0 Å². The molecule has 4 heteroatoms. The van der Waals surface area contributed by atoms with Gasteiger partial charge in [-0.1, -0.05) is 0 Å². The van der Waals surface area contributed by atoms with E-state index in [1.54, 1.807) is 0 Å². The zero-order chi connectivity index (χ0) is 8.97. The summed E-state index contributed by atoms with van der Waals surface area (Å²) in [5, 5.41) is 0. The number of nitrogens with zero attached hydrogens (tertiary/aromatic N) is 1. The van der Waals surface area contributed by atoms with Crippen LogP contribution in [0, 0.1) is 0 Å². The Morgan fingerprint density at radius 2 is 1.42 bits per heavy atom. The maximum absolute atomic E-state index is 12.1. The second-order valence-corrected chi connectivity index (χ2v) is 2.36. The first-order valence-electron chi connectivity index (χ1n) is 3.46. The smallest absolute Gasteiger partial charge is 0.131 e. The summed E-state index contributed by atoms with van der Waals surface area (Å²) in [7, 11) is 0. The van der Waals surface area contributed by atoms with Crippen molar-refractivity contribution in [1.29, 1.82) is 0 Å². The predicted molar refractivity (Wildman–Crippen MR) is 38.7 cm³/mol. The summed E-state index contributed by atoms with van der Waals surface area (Å²) < 4.78 is 36.2. The zero-order valence-electron chi connectivity index (χ0n) is 6.36. The van der Waals surface area contributed by atoms with Crippen LogP contribution in [-0.2, 0) is 20.0 Å². The lowest BCUT2D eigenvalue weighted by molar-refractivity contribution is 0.450. The lowest BCUT2D eigenvalue weighted by Gasteiger charge is -2.00. The Balaban J connectivity index is 3.01. The van der Waals surface area contributed by atoms with E-state index in [0.29, 0.717) is 0 Å². The lowest BCUT2D eigenvalue weighted by atomic mass is 10.2. The van der Waals surface area contributed by atoms with Crippen LogP contribution in [0.3, 0.4) is 0 Å². The van der Waals surface area contributed by atoms with Crippen LogP contribution in [0.5, 0.6) is 0 Å². The van der Waals surface area contributed by atoms with Crippen molar-refractivity contribution in [2.24, 2.45) is 0 Å². The van der Waals surface area contributed by atoms with Crippen molar-refractivity contribution in [2.45, 2.75) is 20.0 Å². The third-order valence-electron chi connectivity index (χ3n) is 1.42. The van der Waals surface area contributed by atoms with Crippen molar-refractivity contribution in [3.63, 3.8) is 0 Å². The van der Waals surface area contributed by atoms with E-state index in [4.69, 9.17) is 0 Å². The Kier molecular flexibility index (Phi) is 3.08. The van der Waals surface area contributed by atoms with Crippen molar-refractivity contribution in [3.8, 4) is 0 Å². The minimum Gasteiger partial charge on any atom is -0.252 e. The molecule has 0 N–H and O–H groups in total. The maximum atomic E-state index is 12.1. The Morgan fingerprint density at radius 3 is 1.75 bits per heavy atom. The fourth-order valence-electron chi connectivity index (χ4n) is 0.933. The average molecular weight is 175 g/mol. The number of halogens is 3. The highest BCUT2D eigenvalue weighted by atomic mass is 19.1. The summed E-state index contributed by atoms with van der Waals surface area (Å²) in [4.78, 5) is 3.60. The minimum atomic E-state index is -0.791. The molecule has 0 aliphatic carbocycles. The van der Waals surface area contributed by atoms with E-state index in [-0.39, 0.29) is 17.0 Å². The average Bonchev–Trinajstić information content (AvgIpc) is 2.16. The van der Waals surface area contributed by atoms with E-state index in [1.165, 1.54) is 12.1 Å². The van der Waals surface area contributed by atoms with Gasteiger partial charge in [0.1, 0.15) is 20.0 Å². The van der Waals surface area contributed by atoms with Gasteiger partial charge in [-0.15, -0.1) is 0 Å². The first kappa shape index (κ1) is 9.03. The number of hydrogen-bond acceptors (Lipinski definition) is 1. The predicted octanol–water partition coefficient (Wildman–Crippen LogP) is 2.49. The minimum absolute atomic E-state index is 0.0813. The van der Waals surface area contributed by atoms with Gasteiger partial charge in [-0.05, 0) is 17.7 Å². The molecule has 0 atom stereocenters. The summed E-state index contributed by atoms with van der Waals surface area (Å²) in [6.45, 7) is -2.30. The third kappa shape index (κ3) is 1.96. The molecule has 0 fully saturated rings. The van der Waals surface area contributed by atoms with Crippen molar-refractivity contribution in [1.82, 2.24) is 4.98 Å². The van der Waals surface area contributed by atoms with Gasteiger partial charge in [-0.3, -0.25) is 4.98 Å². The summed E-state index contributed by atoms with van der Waals surface area (Å²) in [5.74, 6) is 0. The number of hydrogen-bond donors (Lipinski definition) is 0. The van der Waals surface area contributed by atoms with Crippen LogP contribution >= 0.6 is 0 Å². The van der Waals surface area contributed by atoms with E-state index < -0.39 is 20.0 Å². The number of aromatic nitrogens is 1. The van der Waals surface area contributed by atoms with Gasteiger partial charge in [0.2, 0.25) is 0 Å². The fraction of sp³-hybridized carbons (Fsp3) is 0.375. The maximum Gasteiger partial charge on any atom is 0.131 e. The second kappa shape index (κ2) is 4.09. The van der Waals surface area contributed by atoms with Crippen molar-refractivity contribution in [2.75, 3.05) is 0 Å². The first-order chi connectivity index (χ1) is 5.80. The van der Waals surface area contributed by atoms with Crippen LogP contribution < -0.4 is 0 Å². The molecule has 66 valence electrons. The molecule has 0 aliphatic rings. The van der Waals surface area contributed by atoms with E-state index >= 15 is 0 Å². The molecule has 0 saturated heterocycles. The normalized spacial score (nSPS) is 10.2. The van der Waals surface area contributed by atoms with Crippen LogP contribution in [0.2, 0.25) is 0 Å². The molecular weight excluding hydrogens is 167 g/mol. The number of rotatable bonds is 3. The summed E-state index contributed by atoms with van der Waals surface area (Å²) >= 11 is 0. The van der Waals surface area contributed by atoms with E-state index in [1.807, 2.05) is 0 Å². The largest absolute Gasteiger partial charge is 0.252 e. The third-order valence-corrected chi connectivity index (χ3v) is 1.42. The molecule has 1 rings (SSSR count). The molecule has 0 amide bonds. The highest BCUT2D eigenvalue weighted by molar-refractivity contribution is 5.20. The first-order valence-corrected chi connectivity index (χ1v) is 3.46. The highest BCUT2D eigenvalue weighted by Gasteiger charge is 2.01. The summed E-state index contributed by atoms with van der Waals surface area (Å²) in [6, 6.07) is 2.58. The molecule has 0 unspecified atom stereocenters. The van der Waals surface area contributed by atoms with Gasteiger partial charge in [-0.25, -0.2) is 13.2 Å². The van der Waals surface area contributed by atoms with Gasteiger partial charge < -0.3 is 0 Å². The molecule has 1 heterocycles. The molecule has 1 aromatic heterocycles. The number of pyridine rings is 1. The van der Waals surface area contributed by atoms with Crippen LogP contribution in [-0.4, -0.2) is 4.98 Å². The van der Waals surface area contributed by atoms with Gasteiger partial charge in [0.05, 0.1) is 11.4 Å². The SMILES string of the molecule is FCc1cc(CF)nc(CF)c1. The molecule has 0 aromatic carbocycles. The van der Waals surface area contributed by atoms with Gasteiger partial charge >= 0.3 is 0 Å². The van der Waals surface area contributed by atoms with E-state index in [9.17, 15) is 13.2 Å². The molecule has 12 heavy (non-hydrogen) atoms. The zero-order valence-corrected chi connectivity index (χ0v) is 6.36. The van der Waals surface area contributed by atoms with E-state index in [2.05, 4.69) is 4.98 Å². The van der Waals surface area contributed by atoms with Gasteiger partial charge in [0.15, 0.2) is 0 Å². The topological polar surface area (TPSA) is 12.9 Å². The van der Waals surface area contributed by atoms with Crippen LogP contribution in [0.15, 0.2) is 12.1 Å².